The van der Waals surface area contributed by atoms with E-state index in [4.69, 9.17) is 4.74 Å². The van der Waals surface area contributed by atoms with Crippen LogP contribution in [0.3, 0.4) is 0 Å². The lowest BCUT2D eigenvalue weighted by molar-refractivity contribution is -0.140. The van der Waals surface area contributed by atoms with E-state index in [9.17, 15) is 14.4 Å². The van der Waals surface area contributed by atoms with E-state index in [1.54, 1.807) is 25.7 Å². The summed E-state index contributed by atoms with van der Waals surface area (Å²) in [6, 6.07) is 17.9. The quantitative estimate of drug-likeness (QED) is 0.476. The molecule has 2 atom stereocenters. The van der Waals surface area contributed by atoms with Crippen molar-refractivity contribution >= 4 is 17.9 Å². The molecule has 1 heterocycles. The van der Waals surface area contributed by atoms with Crippen LogP contribution in [-0.2, 0) is 14.3 Å². The zero-order valence-corrected chi connectivity index (χ0v) is 23.5. The number of rotatable bonds is 8. The fourth-order valence-corrected chi connectivity index (χ4v) is 5.86. The topological polar surface area (TPSA) is 87.7 Å². The van der Waals surface area contributed by atoms with Gasteiger partial charge >= 0.3 is 6.09 Å². The summed E-state index contributed by atoms with van der Waals surface area (Å²) in [6.45, 7) is 6.52. The maximum atomic E-state index is 14.3. The van der Waals surface area contributed by atoms with E-state index < -0.39 is 29.7 Å². The first-order valence-electron chi connectivity index (χ1n) is 14.4. The third-order valence-electron chi connectivity index (χ3n) is 7.72. The molecule has 1 aliphatic carbocycles. The van der Waals surface area contributed by atoms with Gasteiger partial charge in [-0.2, -0.15) is 0 Å². The normalized spacial score (nSPS) is 19.0. The highest BCUT2D eigenvalue weighted by Crippen LogP contribution is 2.31. The number of ether oxygens (including phenoxy) is 1. The summed E-state index contributed by atoms with van der Waals surface area (Å²) in [5.41, 5.74) is 1.08. The molecule has 1 aliphatic heterocycles. The van der Waals surface area contributed by atoms with Crippen molar-refractivity contribution in [1.29, 1.82) is 0 Å². The van der Waals surface area contributed by atoms with Crippen LogP contribution in [0.5, 0.6) is 0 Å². The van der Waals surface area contributed by atoms with Crippen molar-refractivity contribution in [3.8, 4) is 0 Å². The third kappa shape index (κ3) is 7.84. The monoisotopic (exact) mass is 533 g/mol. The molecule has 0 aromatic heterocycles. The van der Waals surface area contributed by atoms with Gasteiger partial charge in [0.2, 0.25) is 11.8 Å². The number of nitrogens with zero attached hydrogens (tertiary/aromatic N) is 1. The lowest BCUT2D eigenvalue weighted by Crippen LogP contribution is -2.56. The number of likely N-dealkylation sites (tertiary alicyclic amines) is 1. The van der Waals surface area contributed by atoms with Crippen LogP contribution in [0, 0.1) is 5.92 Å². The van der Waals surface area contributed by atoms with Crippen molar-refractivity contribution in [1.82, 2.24) is 15.5 Å². The van der Waals surface area contributed by atoms with E-state index in [0.29, 0.717) is 25.4 Å². The van der Waals surface area contributed by atoms with Gasteiger partial charge in [-0.05, 0) is 63.5 Å². The maximum Gasteiger partial charge on any atom is 0.408 e. The predicted molar refractivity (Wildman–Crippen MR) is 152 cm³/mol. The van der Waals surface area contributed by atoms with Crippen LogP contribution in [0.15, 0.2) is 60.7 Å². The van der Waals surface area contributed by atoms with Crippen LogP contribution in [0.25, 0.3) is 0 Å². The molecule has 1 saturated carbocycles. The molecule has 39 heavy (non-hydrogen) atoms. The Hall–Kier alpha value is -3.35. The Balaban J connectivity index is 1.61. The van der Waals surface area contributed by atoms with E-state index >= 15 is 0 Å². The van der Waals surface area contributed by atoms with Crippen molar-refractivity contribution in [3.05, 3.63) is 71.8 Å². The molecular weight excluding hydrogens is 490 g/mol. The number of benzene rings is 2. The van der Waals surface area contributed by atoms with Gasteiger partial charge in [0.05, 0.1) is 0 Å². The van der Waals surface area contributed by atoms with Crippen molar-refractivity contribution in [2.24, 2.45) is 5.92 Å². The SMILES string of the molecule is CC(C)(C)OC(=O)N[C@@H](C(=O)N1CCC[C@H]1C(=O)NCC1CCCCC1)C(c1ccccc1)c1ccccc1. The Bertz CT molecular complexity index is 1050. The molecule has 3 amide bonds. The van der Waals surface area contributed by atoms with E-state index in [0.717, 1.165) is 30.4 Å². The molecule has 0 unspecified atom stereocenters. The highest BCUT2D eigenvalue weighted by atomic mass is 16.6. The molecule has 2 fully saturated rings. The fourth-order valence-electron chi connectivity index (χ4n) is 5.86. The minimum Gasteiger partial charge on any atom is -0.444 e. The van der Waals surface area contributed by atoms with Gasteiger partial charge in [-0.3, -0.25) is 9.59 Å². The number of alkyl carbamates (subject to hydrolysis) is 1. The smallest absolute Gasteiger partial charge is 0.408 e. The van der Waals surface area contributed by atoms with Gasteiger partial charge in [0.15, 0.2) is 0 Å². The van der Waals surface area contributed by atoms with Gasteiger partial charge in [0, 0.05) is 19.0 Å². The largest absolute Gasteiger partial charge is 0.444 e. The number of carbonyl (C=O) groups is 3. The van der Waals surface area contributed by atoms with Crippen molar-refractivity contribution in [2.75, 3.05) is 13.1 Å². The number of hydrogen-bond donors (Lipinski definition) is 2. The van der Waals surface area contributed by atoms with Crippen LogP contribution < -0.4 is 10.6 Å². The summed E-state index contributed by atoms with van der Waals surface area (Å²) in [5.74, 6) is -0.318. The summed E-state index contributed by atoms with van der Waals surface area (Å²) < 4.78 is 5.58. The average Bonchev–Trinajstić information content (AvgIpc) is 3.42. The van der Waals surface area contributed by atoms with Gasteiger partial charge in [0.25, 0.3) is 0 Å². The molecule has 1 saturated heterocycles. The Labute approximate surface area is 232 Å². The maximum absolute atomic E-state index is 14.3. The van der Waals surface area contributed by atoms with Crippen molar-refractivity contribution < 1.29 is 19.1 Å². The molecule has 2 aromatic carbocycles. The first-order valence-corrected chi connectivity index (χ1v) is 14.4. The lowest BCUT2D eigenvalue weighted by atomic mass is 9.84. The molecule has 7 heteroatoms. The van der Waals surface area contributed by atoms with Crippen LogP contribution >= 0.6 is 0 Å². The zero-order chi connectivity index (χ0) is 27.8. The fraction of sp³-hybridized carbons (Fsp3) is 0.531. The zero-order valence-electron chi connectivity index (χ0n) is 23.5. The van der Waals surface area contributed by atoms with Gasteiger partial charge in [-0.25, -0.2) is 4.79 Å². The number of hydrogen-bond acceptors (Lipinski definition) is 4. The van der Waals surface area contributed by atoms with E-state index in [-0.39, 0.29) is 11.8 Å². The number of carbonyl (C=O) groups excluding carboxylic acids is 3. The summed E-state index contributed by atoms with van der Waals surface area (Å²) in [6.07, 6.45) is 6.69. The second-order valence-corrected chi connectivity index (χ2v) is 11.9. The summed E-state index contributed by atoms with van der Waals surface area (Å²) in [5, 5.41) is 6.04. The molecule has 7 nitrogen and oxygen atoms in total. The first-order chi connectivity index (χ1) is 18.7. The third-order valence-corrected chi connectivity index (χ3v) is 7.72. The lowest BCUT2D eigenvalue weighted by Gasteiger charge is -2.34. The Morgan fingerprint density at radius 3 is 2.03 bits per heavy atom. The van der Waals surface area contributed by atoms with Crippen molar-refractivity contribution in [3.63, 3.8) is 0 Å². The standard InChI is InChI=1S/C32H43N3O4/c1-32(2,3)39-31(38)34-28(27(24-16-9-5-10-17-24)25-18-11-6-12-19-25)30(37)35-21-13-20-26(35)29(36)33-22-23-14-7-4-8-15-23/h5-6,9-12,16-19,23,26-28H,4,7-8,13-15,20-22H2,1-3H3,(H,33,36)(H,34,38)/t26-,28+/m0/s1. The second-order valence-electron chi connectivity index (χ2n) is 11.9. The summed E-state index contributed by atoms with van der Waals surface area (Å²) >= 11 is 0. The van der Waals surface area contributed by atoms with E-state index in [1.807, 2.05) is 60.7 Å². The Morgan fingerprint density at radius 2 is 1.46 bits per heavy atom. The van der Waals surface area contributed by atoms with Gasteiger partial charge in [-0.1, -0.05) is 79.9 Å². The van der Waals surface area contributed by atoms with Gasteiger partial charge < -0.3 is 20.3 Å². The van der Waals surface area contributed by atoms with Crippen LogP contribution in [0.4, 0.5) is 4.79 Å². The van der Waals surface area contributed by atoms with E-state index in [1.165, 1.54) is 19.3 Å². The molecule has 210 valence electrons. The number of nitrogens with one attached hydrogen (secondary N) is 2. The predicted octanol–water partition coefficient (Wildman–Crippen LogP) is 5.40. The molecule has 2 aromatic rings. The van der Waals surface area contributed by atoms with Crippen LogP contribution in [0.2, 0.25) is 0 Å². The molecule has 4 rings (SSSR count). The molecule has 0 spiro atoms. The summed E-state index contributed by atoms with van der Waals surface area (Å²) in [7, 11) is 0. The number of amides is 3. The van der Waals surface area contributed by atoms with Crippen LogP contribution in [0.1, 0.15) is 82.8 Å². The van der Waals surface area contributed by atoms with Crippen molar-refractivity contribution in [2.45, 2.75) is 89.3 Å². The Kier molecular flexibility index (Phi) is 9.65. The minimum atomic E-state index is -0.948. The molecular formula is C32H43N3O4. The molecule has 2 N–H and O–H groups in total. The first kappa shape index (κ1) is 28.7. The van der Waals surface area contributed by atoms with Gasteiger partial charge in [-0.15, -0.1) is 0 Å². The van der Waals surface area contributed by atoms with E-state index in [2.05, 4.69) is 10.6 Å². The highest BCUT2D eigenvalue weighted by molar-refractivity contribution is 5.93. The highest BCUT2D eigenvalue weighted by Gasteiger charge is 2.42. The minimum absolute atomic E-state index is 0.0987. The Morgan fingerprint density at radius 1 is 0.872 bits per heavy atom. The molecule has 0 bridgehead atoms. The molecule has 2 aliphatic rings. The summed E-state index contributed by atoms with van der Waals surface area (Å²) in [4.78, 5) is 42.4. The molecule has 0 radical (unpaired) electrons. The van der Waals surface area contributed by atoms with Gasteiger partial charge in [0.1, 0.15) is 17.7 Å². The van der Waals surface area contributed by atoms with Crippen LogP contribution in [-0.4, -0.2) is 53.6 Å². The average molecular weight is 534 g/mol. The second kappa shape index (κ2) is 13.1.